The van der Waals surface area contributed by atoms with E-state index in [9.17, 15) is 0 Å². The number of nitrogens with zero attached hydrogens (tertiary/aromatic N) is 1. The maximum absolute atomic E-state index is 5.82. The van der Waals surface area contributed by atoms with Gasteiger partial charge in [0.15, 0.2) is 0 Å². The lowest BCUT2D eigenvalue weighted by Gasteiger charge is -2.08. The van der Waals surface area contributed by atoms with Crippen molar-refractivity contribution in [2.75, 3.05) is 17.6 Å². The Balaban J connectivity index is 1.88. The molecule has 4 heteroatoms. The number of hydrogen-bond donors (Lipinski definition) is 2. The Bertz CT molecular complexity index is 482. The third-order valence-electron chi connectivity index (χ3n) is 2.49. The summed E-state index contributed by atoms with van der Waals surface area (Å²) >= 11 is 5.82. The van der Waals surface area contributed by atoms with Crippen LogP contribution in [0.5, 0.6) is 0 Å². The second-order valence-electron chi connectivity index (χ2n) is 3.77. The van der Waals surface area contributed by atoms with E-state index < -0.39 is 0 Å². The first-order chi connectivity index (χ1) is 8.25. The van der Waals surface area contributed by atoms with Crippen molar-refractivity contribution in [2.45, 2.75) is 6.42 Å². The lowest BCUT2D eigenvalue weighted by atomic mass is 10.1. The monoisotopic (exact) mass is 247 g/mol. The molecule has 0 aliphatic heterocycles. The van der Waals surface area contributed by atoms with Crippen LogP contribution in [-0.4, -0.2) is 11.5 Å². The van der Waals surface area contributed by atoms with Crippen molar-refractivity contribution in [1.82, 2.24) is 4.98 Å². The molecule has 2 rings (SSSR count). The highest BCUT2D eigenvalue weighted by atomic mass is 35.5. The number of pyridine rings is 1. The minimum atomic E-state index is 0.670. The second-order valence-corrected chi connectivity index (χ2v) is 4.20. The number of anilines is 2. The van der Waals surface area contributed by atoms with Gasteiger partial charge in [0.1, 0.15) is 0 Å². The van der Waals surface area contributed by atoms with Crippen LogP contribution < -0.4 is 11.1 Å². The van der Waals surface area contributed by atoms with Gasteiger partial charge >= 0.3 is 0 Å². The van der Waals surface area contributed by atoms with Crippen molar-refractivity contribution in [3.05, 3.63) is 53.3 Å². The molecule has 0 radical (unpaired) electrons. The molecule has 0 aliphatic rings. The van der Waals surface area contributed by atoms with Gasteiger partial charge in [0.25, 0.3) is 0 Å². The van der Waals surface area contributed by atoms with Crippen molar-refractivity contribution >= 4 is 23.0 Å². The third-order valence-corrected chi connectivity index (χ3v) is 2.75. The van der Waals surface area contributed by atoms with Crippen LogP contribution in [0.15, 0.2) is 42.7 Å². The molecular formula is C13H14ClN3. The molecule has 1 heterocycles. The van der Waals surface area contributed by atoms with Gasteiger partial charge in [0.2, 0.25) is 0 Å². The van der Waals surface area contributed by atoms with Crippen LogP contribution in [0.25, 0.3) is 0 Å². The summed E-state index contributed by atoms with van der Waals surface area (Å²) in [4.78, 5) is 3.94. The van der Waals surface area contributed by atoms with E-state index in [1.54, 1.807) is 12.4 Å². The molecule has 1 aromatic carbocycles. The first-order valence-electron chi connectivity index (χ1n) is 5.43. The first kappa shape index (κ1) is 11.7. The number of benzene rings is 1. The van der Waals surface area contributed by atoms with E-state index in [-0.39, 0.29) is 0 Å². The van der Waals surface area contributed by atoms with E-state index in [4.69, 9.17) is 17.3 Å². The van der Waals surface area contributed by atoms with Crippen molar-refractivity contribution in [1.29, 1.82) is 0 Å². The minimum absolute atomic E-state index is 0.670. The Morgan fingerprint density at radius 1 is 1.18 bits per heavy atom. The van der Waals surface area contributed by atoms with Crippen LogP contribution >= 0.6 is 11.6 Å². The van der Waals surface area contributed by atoms with Crippen LogP contribution in [0.1, 0.15) is 5.56 Å². The molecule has 2 aromatic rings. The van der Waals surface area contributed by atoms with E-state index >= 15 is 0 Å². The number of nitrogen functional groups attached to an aromatic ring is 1. The summed E-state index contributed by atoms with van der Waals surface area (Å²) in [5.41, 5.74) is 8.62. The molecule has 1 aromatic heterocycles. The summed E-state index contributed by atoms with van der Waals surface area (Å²) in [5, 5.41) is 4.04. The number of nitrogens with one attached hydrogen (secondary N) is 1. The highest BCUT2D eigenvalue weighted by molar-refractivity contribution is 6.30. The molecule has 0 unspecified atom stereocenters. The normalized spacial score (nSPS) is 10.2. The predicted octanol–water partition coefficient (Wildman–Crippen LogP) is 2.97. The van der Waals surface area contributed by atoms with Crippen LogP contribution in [0, 0.1) is 0 Å². The summed E-state index contributed by atoms with van der Waals surface area (Å²) in [6, 6.07) is 9.73. The maximum atomic E-state index is 5.82. The van der Waals surface area contributed by atoms with Gasteiger partial charge in [0.05, 0.1) is 17.6 Å². The molecule has 0 aliphatic carbocycles. The van der Waals surface area contributed by atoms with Crippen molar-refractivity contribution < 1.29 is 0 Å². The SMILES string of the molecule is Nc1cnccc1NCCc1ccc(Cl)cc1. The zero-order valence-electron chi connectivity index (χ0n) is 9.36. The summed E-state index contributed by atoms with van der Waals surface area (Å²) in [6.07, 6.45) is 4.30. The molecule has 3 N–H and O–H groups in total. The maximum Gasteiger partial charge on any atom is 0.0736 e. The molecule has 0 bridgehead atoms. The predicted molar refractivity (Wildman–Crippen MR) is 72.3 cm³/mol. The van der Waals surface area contributed by atoms with E-state index in [2.05, 4.69) is 10.3 Å². The largest absolute Gasteiger partial charge is 0.396 e. The van der Waals surface area contributed by atoms with Crippen LogP contribution in [-0.2, 0) is 6.42 Å². The van der Waals surface area contributed by atoms with Crippen molar-refractivity contribution in [3.63, 3.8) is 0 Å². The lowest BCUT2D eigenvalue weighted by molar-refractivity contribution is 1.02. The Hall–Kier alpha value is -1.74. The summed E-state index contributed by atoms with van der Waals surface area (Å²) in [7, 11) is 0. The fraction of sp³-hybridized carbons (Fsp3) is 0.154. The Morgan fingerprint density at radius 2 is 1.94 bits per heavy atom. The average Bonchev–Trinajstić information content (AvgIpc) is 2.34. The lowest BCUT2D eigenvalue weighted by Crippen LogP contribution is -2.06. The van der Waals surface area contributed by atoms with Crippen LogP contribution in [0.4, 0.5) is 11.4 Å². The molecule has 17 heavy (non-hydrogen) atoms. The second kappa shape index (κ2) is 5.55. The van der Waals surface area contributed by atoms with Gasteiger partial charge < -0.3 is 11.1 Å². The zero-order chi connectivity index (χ0) is 12.1. The molecule has 0 amide bonds. The molecule has 3 nitrogen and oxygen atoms in total. The van der Waals surface area contributed by atoms with Crippen molar-refractivity contribution in [2.24, 2.45) is 0 Å². The van der Waals surface area contributed by atoms with E-state index in [1.165, 1.54) is 5.56 Å². The van der Waals surface area contributed by atoms with Crippen molar-refractivity contribution in [3.8, 4) is 0 Å². The zero-order valence-corrected chi connectivity index (χ0v) is 10.1. The van der Waals surface area contributed by atoms with Gasteiger partial charge in [-0.1, -0.05) is 23.7 Å². The number of aromatic nitrogens is 1. The molecule has 0 saturated carbocycles. The highest BCUT2D eigenvalue weighted by Crippen LogP contribution is 2.15. The molecular weight excluding hydrogens is 234 g/mol. The Morgan fingerprint density at radius 3 is 2.65 bits per heavy atom. The van der Waals surface area contributed by atoms with Gasteiger partial charge in [-0.15, -0.1) is 0 Å². The molecule has 0 atom stereocenters. The Labute approximate surface area is 106 Å². The quantitative estimate of drug-likeness (QED) is 0.873. The molecule has 88 valence electrons. The third kappa shape index (κ3) is 3.36. The minimum Gasteiger partial charge on any atom is -0.396 e. The molecule has 0 spiro atoms. The van der Waals surface area contributed by atoms with Crippen LogP contribution in [0.3, 0.4) is 0 Å². The first-order valence-corrected chi connectivity index (χ1v) is 5.81. The van der Waals surface area contributed by atoms with Gasteiger partial charge in [0, 0.05) is 17.8 Å². The topological polar surface area (TPSA) is 50.9 Å². The fourth-order valence-electron chi connectivity index (χ4n) is 1.56. The van der Waals surface area contributed by atoms with Crippen LogP contribution in [0.2, 0.25) is 5.02 Å². The standard InChI is InChI=1S/C13H14ClN3/c14-11-3-1-10(2-4-11)5-8-17-13-6-7-16-9-12(13)15/h1-4,6-7,9H,5,8,15H2,(H,16,17). The summed E-state index contributed by atoms with van der Waals surface area (Å²) in [5.74, 6) is 0. The number of rotatable bonds is 4. The molecule has 0 fully saturated rings. The highest BCUT2D eigenvalue weighted by Gasteiger charge is 1.97. The van der Waals surface area contributed by atoms with Gasteiger partial charge in [-0.2, -0.15) is 0 Å². The number of hydrogen-bond acceptors (Lipinski definition) is 3. The van der Waals surface area contributed by atoms with Gasteiger partial charge in [-0.05, 0) is 30.2 Å². The Kier molecular flexibility index (Phi) is 3.83. The van der Waals surface area contributed by atoms with E-state index in [0.29, 0.717) is 5.69 Å². The van der Waals surface area contributed by atoms with E-state index in [1.807, 2.05) is 30.3 Å². The van der Waals surface area contributed by atoms with E-state index in [0.717, 1.165) is 23.7 Å². The van der Waals surface area contributed by atoms with Gasteiger partial charge in [-0.25, -0.2) is 0 Å². The number of halogens is 1. The summed E-state index contributed by atoms with van der Waals surface area (Å²) < 4.78 is 0. The molecule has 0 saturated heterocycles. The number of nitrogens with two attached hydrogens (primary N) is 1. The smallest absolute Gasteiger partial charge is 0.0736 e. The summed E-state index contributed by atoms with van der Waals surface area (Å²) in [6.45, 7) is 0.829. The average molecular weight is 248 g/mol. The fourth-order valence-corrected chi connectivity index (χ4v) is 1.69. The van der Waals surface area contributed by atoms with Gasteiger partial charge in [-0.3, -0.25) is 4.98 Å².